The molecule has 4 nitrogen and oxygen atoms in total. The Hall–Kier alpha value is -2.00. The first-order chi connectivity index (χ1) is 9.60. The maximum atomic E-state index is 13.5. The molecule has 0 aliphatic heterocycles. The van der Waals surface area contributed by atoms with Gasteiger partial charge in [-0.05, 0) is 6.07 Å². The van der Waals surface area contributed by atoms with E-state index < -0.39 is 11.6 Å². The topological polar surface area (TPSA) is 53.3 Å². The van der Waals surface area contributed by atoms with Gasteiger partial charge in [0.15, 0.2) is 11.6 Å². The highest BCUT2D eigenvalue weighted by molar-refractivity contribution is 5.78. The van der Waals surface area contributed by atoms with Gasteiger partial charge in [-0.2, -0.15) is 5.26 Å². The minimum atomic E-state index is -1.01. The fourth-order valence-electron chi connectivity index (χ4n) is 1.71. The van der Waals surface area contributed by atoms with Crippen molar-refractivity contribution in [2.45, 2.75) is 12.8 Å². The lowest BCUT2D eigenvalue weighted by molar-refractivity contribution is -0.131. The molecule has 20 heavy (non-hydrogen) atoms. The van der Waals surface area contributed by atoms with Crippen LogP contribution in [0, 0.1) is 23.0 Å². The van der Waals surface area contributed by atoms with Crippen molar-refractivity contribution in [2.75, 3.05) is 26.8 Å². The van der Waals surface area contributed by atoms with Crippen molar-refractivity contribution in [3.05, 3.63) is 35.4 Å². The molecule has 0 fully saturated rings. The molecule has 1 rings (SSSR count). The zero-order valence-corrected chi connectivity index (χ0v) is 11.2. The third-order valence-corrected chi connectivity index (χ3v) is 2.78. The zero-order valence-electron chi connectivity index (χ0n) is 11.2. The average Bonchev–Trinajstić information content (AvgIpc) is 2.44. The monoisotopic (exact) mass is 282 g/mol. The summed E-state index contributed by atoms with van der Waals surface area (Å²) in [6.45, 7) is 0.881. The number of carbonyl (C=O) groups is 1. The van der Waals surface area contributed by atoms with Crippen LogP contribution < -0.4 is 0 Å². The van der Waals surface area contributed by atoms with E-state index in [4.69, 9.17) is 10.00 Å². The van der Waals surface area contributed by atoms with Gasteiger partial charge in [-0.1, -0.05) is 12.1 Å². The van der Waals surface area contributed by atoms with Crippen LogP contribution in [-0.2, 0) is 16.0 Å². The van der Waals surface area contributed by atoms with E-state index in [1.807, 2.05) is 6.07 Å². The van der Waals surface area contributed by atoms with Crippen molar-refractivity contribution in [1.82, 2.24) is 4.90 Å². The lowest BCUT2D eigenvalue weighted by Gasteiger charge is -2.21. The maximum absolute atomic E-state index is 13.5. The smallest absolute Gasteiger partial charge is 0.227 e. The number of carbonyl (C=O) groups excluding carboxylic acids is 1. The van der Waals surface area contributed by atoms with Crippen molar-refractivity contribution in [3.63, 3.8) is 0 Å². The number of nitriles is 1. The van der Waals surface area contributed by atoms with Gasteiger partial charge < -0.3 is 9.64 Å². The van der Waals surface area contributed by atoms with Crippen LogP contribution in [0.5, 0.6) is 0 Å². The number of rotatable bonds is 7. The van der Waals surface area contributed by atoms with Gasteiger partial charge in [0, 0.05) is 25.8 Å². The second-order valence-electron chi connectivity index (χ2n) is 4.17. The van der Waals surface area contributed by atoms with Crippen LogP contribution in [0.4, 0.5) is 8.78 Å². The molecule has 0 aromatic heterocycles. The fourth-order valence-corrected chi connectivity index (χ4v) is 1.71. The fraction of sp³-hybridized carbons (Fsp3) is 0.429. The standard InChI is InChI=1S/C14H16F2N2O2/c1-20-9-8-18(7-3-6-17)13(19)10-11-4-2-5-12(15)14(11)16/h2,4-5H,3,7-10H2,1H3. The summed E-state index contributed by atoms with van der Waals surface area (Å²) < 4.78 is 31.5. The number of methoxy groups -OCH3 is 1. The SMILES string of the molecule is COCCN(CCC#N)C(=O)Cc1cccc(F)c1F. The second kappa shape index (κ2) is 8.23. The Balaban J connectivity index is 2.74. The summed E-state index contributed by atoms with van der Waals surface area (Å²) in [5.74, 6) is -2.34. The molecular weight excluding hydrogens is 266 g/mol. The highest BCUT2D eigenvalue weighted by Gasteiger charge is 2.17. The van der Waals surface area contributed by atoms with Crippen LogP contribution in [0.3, 0.4) is 0 Å². The lowest BCUT2D eigenvalue weighted by atomic mass is 10.1. The van der Waals surface area contributed by atoms with Gasteiger partial charge in [0.25, 0.3) is 0 Å². The Morgan fingerprint density at radius 1 is 1.40 bits per heavy atom. The number of benzene rings is 1. The molecule has 0 bridgehead atoms. The number of ether oxygens (including phenoxy) is 1. The molecule has 0 N–H and O–H groups in total. The minimum Gasteiger partial charge on any atom is -0.383 e. The van der Waals surface area contributed by atoms with Crippen LogP contribution in [0.15, 0.2) is 18.2 Å². The van der Waals surface area contributed by atoms with E-state index in [1.54, 1.807) is 0 Å². The van der Waals surface area contributed by atoms with E-state index >= 15 is 0 Å². The molecule has 0 atom stereocenters. The third kappa shape index (κ3) is 4.59. The molecule has 0 aliphatic rings. The quantitative estimate of drug-likeness (QED) is 0.767. The zero-order chi connectivity index (χ0) is 15.0. The molecule has 0 saturated carbocycles. The van der Waals surface area contributed by atoms with E-state index in [2.05, 4.69) is 0 Å². The molecule has 1 aromatic rings. The summed E-state index contributed by atoms with van der Waals surface area (Å²) >= 11 is 0. The van der Waals surface area contributed by atoms with Crippen molar-refractivity contribution in [3.8, 4) is 6.07 Å². The summed E-state index contributed by atoms with van der Waals surface area (Å²) in [5.41, 5.74) is 0.00868. The van der Waals surface area contributed by atoms with Gasteiger partial charge in [0.1, 0.15) is 0 Å². The molecule has 0 heterocycles. The lowest BCUT2D eigenvalue weighted by Crippen LogP contribution is -2.36. The van der Waals surface area contributed by atoms with Crippen LogP contribution >= 0.6 is 0 Å². The summed E-state index contributed by atoms with van der Waals surface area (Å²) in [5, 5.41) is 8.56. The molecule has 1 aromatic carbocycles. The number of halogens is 2. The van der Waals surface area contributed by atoms with Gasteiger partial charge in [-0.25, -0.2) is 8.78 Å². The molecule has 6 heteroatoms. The van der Waals surface area contributed by atoms with Gasteiger partial charge in [0.2, 0.25) is 5.91 Å². The van der Waals surface area contributed by atoms with E-state index in [9.17, 15) is 13.6 Å². The molecule has 0 unspecified atom stereocenters. The first-order valence-corrected chi connectivity index (χ1v) is 6.16. The molecular formula is C14H16F2N2O2. The summed E-state index contributed by atoms with van der Waals surface area (Å²) in [6, 6.07) is 5.67. The van der Waals surface area contributed by atoms with E-state index in [1.165, 1.54) is 24.1 Å². The molecule has 0 spiro atoms. The van der Waals surface area contributed by atoms with Gasteiger partial charge in [-0.15, -0.1) is 0 Å². The Morgan fingerprint density at radius 3 is 2.80 bits per heavy atom. The highest BCUT2D eigenvalue weighted by atomic mass is 19.2. The van der Waals surface area contributed by atoms with Crippen LogP contribution in [-0.4, -0.2) is 37.6 Å². The van der Waals surface area contributed by atoms with Gasteiger partial charge >= 0.3 is 0 Å². The molecule has 0 radical (unpaired) electrons. The summed E-state index contributed by atoms with van der Waals surface area (Å²) in [4.78, 5) is 13.5. The Labute approximate surface area is 116 Å². The van der Waals surface area contributed by atoms with E-state index in [-0.39, 0.29) is 30.9 Å². The Bertz CT molecular complexity index is 500. The Morgan fingerprint density at radius 2 is 2.15 bits per heavy atom. The average molecular weight is 282 g/mol. The minimum absolute atomic E-state index is 0.00868. The number of hydrogen-bond donors (Lipinski definition) is 0. The largest absolute Gasteiger partial charge is 0.383 e. The van der Waals surface area contributed by atoms with Crippen LogP contribution in [0.2, 0.25) is 0 Å². The molecule has 1 amide bonds. The van der Waals surface area contributed by atoms with Gasteiger partial charge in [-0.3, -0.25) is 4.79 Å². The molecule has 108 valence electrons. The second-order valence-corrected chi connectivity index (χ2v) is 4.17. The van der Waals surface area contributed by atoms with E-state index in [0.717, 1.165) is 6.07 Å². The van der Waals surface area contributed by atoms with Gasteiger partial charge in [0.05, 0.1) is 25.5 Å². The first kappa shape index (κ1) is 16.1. The van der Waals surface area contributed by atoms with Crippen molar-refractivity contribution in [2.24, 2.45) is 0 Å². The summed E-state index contributed by atoms with van der Waals surface area (Å²) in [7, 11) is 1.50. The predicted octanol–water partition coefficient (Wildman–Crippen LogP) is 1.90. The highest BCUT2D eigenvalue weighted by Crippen LogP contribution is 2.13. The Kier molecular flexibility index (Phi) is 6.60. The number of hydrogen-bond acceptors (Lipinski definition) is 3. The predicted molar refractivity (Wildman–Crippen MR) is 68.7 cm³/mol. The van der Waals surface area contributed by atoms with E-state index in [0.29, 0.717) is 13.2 Å². The van der Waals surface area contributed by atoms with Crippen molar-refractivity contribution in [1.29, 1.82) is 5.26 Å². The normalized spacial score (nSPS) is 10.1. The number of amides is 1. The number of nitrogens with zero attached hydrogens (tertiary/aromatic N) is 2. The van der Waals surface area contributed by atoms with Crippen molar-refractivity contribution < 1.29 is 18.3 Å². The molecule has 0 saturated heterocycles. The maximum Gasteiger partial charge on any atom is 0.227 e. The molecule has 0 aliphatic carbocycles. The third-order valence-electron chi connectivity index (χ3n) is 2.78. The summed E-state index contributed by atoms with van der Waals surface area (Å²) in [6.07, 6.45) is -0.0557. The van der Waals surface area contributed by atoms with Crippen LogP contribution in [0.1, 0.15) is 12.0 Å². The van der Waals surface area contributed by atoms with Crippen molar-refractivity contribution >= 4 is 5.91 Å². The van der Waals surface area contributed by atoms with Crippen LogP contribution in [0.25, 0.3) is 0 Å². The first-order valence-electron chi connectivity index (χ1n) is 6.16.